The number of H-pyrrole nitrogens is 1. The molecule has 0 aliphatic carbocycles. The van der Waals surface area contributed by atoms with Gasteiger partial charge in [0.15, 0.2) is 0 Å². The minimum absolute atomic E-state index is 0.0865. The predicted molar refractivity (Wildman–Crippen MR) is 137 cm³/mol. The van der Waals surface area contributed by atoms with Crippen LogP contribution in [-0.2, 0) is 4.79 Å². The number of nitrogens with one attached hydrogen (secondary N) is 1. The summed E-state index contributed by atoms with van der Waals surface area (Å²) in [7, 11) is 1.62. The van der Waals surface area contributed by atoms with Gasteiger partial charge in [-0.15, -0.1) is 11.8 Å². The molecular weight excluding hydrogens is 464 g/mol. The van der Waals surface area contributed by atoms with Crippen molar-refractivity contribution >= 4 is 28.6 Å². The molecule has 1 unspecified atom stereocenters. The van der Waals surface area contributed by atoms with E-state index in [1.807, 2.05) is 37.4 Å². The van der Waals surface area contributed by atoms with Crippen molar-refractivity contribution in [3.8, 4) is 5.75 Å². The lowest BCUT2D eigenvalue weighted by atomic mass is 9.79. The molecule has 35 heavy (non-hydrogen) atoms. The molecule has 3 aromatic rings. The number of pyridine rings is 1. The highest BCUT2D eigenvalue weighted by Crippen LogP contribution is 2.35. The van der Waals surface area contributed by atoms with Crippen LogP contribution >= 0.6 is 11.8 Å². The second kappa shape index (κ2) is 11.9. The second-order valence-corrected chi connectivity index (χ2v) is 10.4. The zero-order valence-electron chi connectivity index (χ0n) is 20.3. The van der Waals surface area contributed by atoms with Gasteiger partial charge in [-0.1, -0.05) is 0 Å². The van der Waals surface area contributed by atoms with E-state index in [4.69, 9.17) is 4.74 Å². The summed E-state index contributed by atoms with van der Waals surface area (Å²) < 4.78 is 5.35. The summed E-state index contributed by atoms with van der Waals surface area (Å²) in [6, 6.07) is 7.54. The van der Waals surface area contributed by atoms with Crippen LogP contribution < -0.4 is 4.74 Å². The number of thioether (sulfide) groups is 1. The SMILES string of the molecule is COc1ccc2nccc(C(O)CC[C@@H]3CCN(CCSc4cn[nH]c4C)C[C@@H]3CC(=O)O)c2c1. The Hall–Kier alpha value is -2.62. The molecule has 1 aromatic carbocycles. The number of fused-ring (bicyclic) bond motifs is 1. The Bertz CT molecular complexity index is 1140. The second-order valence-electron chi connectivity index (χ2n) is 9.29. The molecule has 4 rings (SSSR count). The number of methoxy groups -OCH3 is 1. The Kier molecular flexibility index (Phi) is 8.64. The zero-order valence-corrected chi connectivity index (χ0v) is 21.1. The van der Waals surface area contributed by atoms with E-state index >= 15 is 0 Å². The van der Waals surface area contributed by atoms with Gasteiger partial charge in [-0.2, -0.15) is 5.10 Å². The number of aromatic nitrogens is 3. The number of hydrogen-bond acceptors (Lipinski definition) is 7. The number of benzene rings is 1. The quantitative estimate of drug-likeness (QED) is 0.336. The molecular formula is C26H34N4O4S. The number of likely N-dealkylation sites (tertiary alicyclic amines) is 1. The van der Waals surface area contributed by atoms with Crippen LogP contribution in [0.4, 0.5) is 0 Å². The molecule has 0 radical (unpaired) electrons. The first-order chi connectivity index (χ1) is 16.9. The Morgan fingerprint density at radius 1 is 1.34 bits per heavy atom. The molecule has 0 spiro atoms. The monoisotopic (exact) mass is 498 g/mol. The summed E-state index contributed by atoms with van der Waals surface area (Å²) in [5.74, 6) is 1.29. The number of piperidine rings is 1. The van der Waals surface area contributed by atoms with Crippen LogP contribution in [-0.4, -0.2) is 68.8 Å². The first-order valence-electron chi connectivity index (χ1n) is 12.1. The fourth-order valence-electron chi connectivity index (χ4n) is 5.06. The molecule has 2 aromatic heterocycles. The third-order valence-electron chi connectivity index (χ3n) is 7.01. The molecule has 1 fully saturated rings. The molecule has 1 aliphatic heterocycles. The number of hydrogen-bond donors (Lipinski definition) is 3. The summed E-state index contributed by atoms with van der Waals surface area (Å²) in [5.41, 5.74) is 2.74. The molecule has 3 N–H and O–H groups in total. The summed E-state index contributed by atoms with van der Waals surface area (Å²) in [5, 5.41) is 28.5. The average molecular weight is 499 g/mol. The summed E-state index contributed by atoms with van der Waals surface area (Å²) in [6.45, 7) is 4.68. The van der Waals surface area contributed by atoms with Crippen LogP contribution in [0.15, 0.2) is 41.6 Å². The molecule has 0 bridgehead atoms. The highest BCUT2D eigenvalue weighted by molar-refractivity contribution is 7.99. The number of aryl methyl sites for hydroxylation is 1. The lowest BCUT2D eigenvalue weighted by Gasteiger charge is -2.38. The van der Waals surface area contributed by atoms with Gasteiger partial charge in [-0.3, -0.25) is 14.9 Å². The number of ether oxygens (including phenoxy) is 1. The lowest BCUT2D eigenvalue weighted by Crippen LogP contribution is -2.42. The van der Waals surface area contributed by atoms with Crippen LogP contribution in [0.3, 0.4) is 0 Å². The maximum Gasteiger partial charge on any atom is 0.303 e. The van der Waals surface area contributed by atoms with E-state index in [-0.39, 0.29) is 18.3 Å². The number of aliphatic hydroxyl groups excluding tert-OH is 1. The van der Waals surface area contributed by atoms with Gasteiger partial charge in [-0.05, 0) is 74.4 Å². The van der Waals surface area contributed by atoms with Crippen LogP contribution in [0.5, 0.6) is 5.75 Å². The number of aliphatic carboxylic acids is 1. The predicted octanol–water partition coefficient (Wildman–Crippen LogP) is 4.29. The van der Waals surface area contributed by atoms with Gasteiger partial charge in [0.05, 0.1) is 24.9 Å². The highest BCUT2D eigenvalue weighted by atomic mass is 32.2. The van der Waals surface area contributed by atoms with Crippen LogP contribution in [0.1, 0.15) is 43.0 Å². The molecule has 1 aliphatic rings. The maximum absolute atomic E-state index is 11.6. The van der Waals surface area contributed by atoms with E-state index in [0.717, 1.165) is 71.0 Å². The topological polar surface area (TPSA) is 112 Å². The van der Waals surface area contributed by atoms with E-state index in [1.165, 1.54) is 0 Å². The molecule has 3 heterocycles. The molecule has 188 valence electrons. The van der Waals surface area contributed by atoms with Crippen LogP contribution in [0, 0.1) is 18.8 Å². The van der Waals surface area contributed by atoms with E-state index in [2.05, 4.69) is 20.1 Å². The van der Waals surface area contributed by atoms with Gasteiger partial charge >= 0.3 is 5.97 Å². The number of carbonyl (C=O) groups is 1. The number of nitrogens with zero attached hydrogens (tertiary/aromatic N) is 3. The van der Waals surface area contributed by atoms with Crippen LogP contribution in [0.25, 0.3) is 10.9 Å². The Morgan fingerprint density at radius 3 is 2.94 bits per heavy atom. The molecule has 0 saturated carbocycles. The number of carboxylic acids is 1. The van der Waals surface area contributed by atoms with Crippen molar-refractivity contribution in [3.05, 3.63) is 47.9 Å². The first kappa shape index (κ1) is 25.5. The van der Waals surface area contributed by atoms with Gasteiger partial charge in [0, 0.05) is 47.4 Å². The van der Waals surface area contributed by atoms with Crippen molar-refractivity contribution in [1.82, 2.24) is 20.1 Å². The van der Waals surface area contributed by atoms with E-state index < -0.39 is 12.1 Å². The fourth-order valence-corrected chi connectivity index (χ4v) is 6.01. The van der Waals surface area contributed by atoms with Crippen molar-refractivity contribution in [1.29, 1.82) is 0 Å². The number of carboxylic acid groups (broad SMARTS) is 1. The Labute approximate surface area is 210 Å². The smallest absolute Gasteiger partial charge is 0.303 e. The molecule has 9 heteroatoms. The van der Waals surface area contributed by atoms with E-state index in [0.29, 0.717) is 6.42 Å². The van der Waals surface area contributed by atoms with Crippen LogP contribution in [0.2, 0.25) is 0 Å². The summed E-state index contributed by atoms with van der Waals surface area (Å²) in [6.07, 6.45) is 5.45. The minimum atomic E-state index is -0.752. The van der Waals surface area contributed by atoms with E-state index in [9.17, 15) is 15.0 Å². The minimum Gasteiger partial charge on any atom is -0.497 e. The number of aromatic amines is 1. The van der Waals surface area contributed by atoms with Gasteiger partial charge in [0.25, 0.3) is 0 Å². The van der Waals surface area contributed by atoms with E-state index in [1.54, 1.807) is 25.1 Å². The Balaban J connectivity index is 1.35. The van der Waals surface area contributed by atoms with Crippen molar-refractivity contribution in [2.75, 3.05) is 32.5 Å². The highest BCUT2D eigenvalue weighted by Gasteiger charge is 2.31. The number of rotatable bonds is 11. The summed E-state index contributed by atoms with van der Waals surface area (Å²) >= 11 is 1.78. The fraction of sp³-hybridized carbons (Fsp3) is 0.500. The maximum atomic E-state index is 11.6. The third-order valence-corrected chi connectivity index (χ3v) is 8.12. The average Bonchev–Trinajstić information content (AvgIpc) is 3.26. The third kappa shape index (κ3) is 6.54. The largest absolute Gasteiger partial charge is 0.497 e. The molecule has 0 amide bonds. The van der Waals surface area contributed by atoms with Crippen molar-refractivity contribution in [2.45, 2.75) is 43.6 Å². The normalized spacial score (nSPS) is 19.6. The zero-order chi connectivity index (χ0) is 24.8. The van der Waals surface area contributed by atoms with Crippen molar-refractivity contribution < 1.29 is 19.7 Å². The first-order valence-corrected chi connectivity index (χ1v) is 13.1. The van der Waals surface area contributed by atoms with Gasteiger partial charge in [0.1, 0.15) is 5.75 Å². The van der Waals surface area contributed by atoms with Gasteiger partial charge in [0.2, 0.25) is 0 Å². The lowest BCUT2D eigenvalue weighted by molar-refractivity contribution is -0.139. The standard InChI is InChI=1S/C26H34N4O4S/c1-17-25(15-28-29-17)35-12-11-30-10-8-18(19(16-30)13-26(32)33)3-6-24(31)21-7-9-27-23-5-4-20(34-2)14-22(21)23/h4-5,7,9,14-15,18-19,24,31H,3,6,8,10-13,16H2,1-2H3,(H,28,29)(H,32,33)/t18-,19+,24?/m1/s1. The Morgan fingerprint density at radius 2 is 2.20 bits per heavy atom. The molecule has 3 atom stereocenters. The molecule has 8 nitrogen and oxygen atoms in total. The molecule has 1 saturated heterocycles. The van der Waals surface area contributed by atoms with Gasteiger partial charge < -0.3 is 19.8 Å². The van der Waals surface area contributed by atoms with Gasteiger partial charge in [-0.25, -0.2) is 0 Å². The summed E-state index contributed by atoms with van der Waals surface area (Å²) in [4.78, 5) is 19.5. The van der Waals surface area contributed by atoms with Crippen molar-refractivity contribution in [2.24, 2.45) is 11.8 Å². The van der Waals surface area contributed by atoms with Crippen molar-refractivity contribution in [3.63, 3.8) is 0 Å². The number of aliphatic hydroxyl groups is 1.